The predicted octanol–water partition coefficient (Wildman–Crippen LogP) is 4.13. The number of nitrogens with zero attached hydrogens (tertiary/aromatic N) is 1. The van der Waals surface area contributed by atoms with Crippen LogP contribution in [0.4, 0.5) is 5.69 Å². The third kappa shape index (κ3) is 4.44. The summed E-state index contributed by atoms with van der Waals surface area (Å²) in [5.41, 5.74) is 7.01. The average molecular weight is 361 g/mol. The standard InChI is InChI=1S/C22H23N3O2/c1-15(2)21(22(27)25-24-17-9-4-3-5-10-17)23-14-19-18-11-7-6-8-16(18)12-13-20(19)26/h3-15,21,24,26H,1-2H3,(H,25,27)/t21-/m0/s1. The van der Waals surface area contributed by atoms with Crippen LogP contribution in [0.3, 0.4) is 0 Å². The Hall–Kier alpha value is -3.34. The molecule has 0 saturated heterocycles. The molecule has 0 aromatic heterocycles. The molecule has 0 heterocycles. The number of nitrogens with one attached hydrogen (secondary N) is 2. The van der Waals surface area contributed by atoms with Crippen LogP contribution in [0.15, 0.2) is 71.7 Å². The Morgan fingerprint density at radius 1 is 1.00 bits per heavy atom. The molecule has 3 aromatic rings. The van der Waals surface area contributed by atoms with Crippen LogP contribution >= 0.6 is 0 Å². The van der Waals surface area contributed by atoms with Crippen molar-refractivity contribution in [3.63, 3.8) is 0 Å². The number of aromatic hydroxyl groups is 1. The minimum Gasteiger partial charge on any atom is -0.507 e. The van der Waals surface area contributed by atoms with Gasteiger partial charge in [0.05, 0.1) is 5.69 Å². The smallest absolute Gasteiger partial charge is 0.263 e. The summed E-state index contributed by atoms with van der Waals surface area (Å²) in [6, 6.07) is 20.1. The lowest BCUT2D eigenvalue weighted by atomic mass is 10.0. The van der Waals surface area contributed by atoms with Crippen molar-refractivity contribution in [2.75, 3.05) is 5.43 Å². The molecule has 27 heavy (non-hydrogen) atoms. The lowest BCUT2D eigenvalue weighted by Gasteiger charge is -2.17. The van der Waals surface area contributed by atoms with Gasteiger partial charge in [-0.1, -0.05) is 62.4 Å². The number of fused-ring (bicyclic) bond motifs is 1. The van der Waals surface area contributed by atoms with Crippen LogP contribution in [-0.4, -0.2) is 23.3 Å². The molecule has 0 aliphatic heterocycles. The van der Waals surface area contributed by atoms with Crippen LogP contribution in [0, 0.1) is 5.92 Å². The summed E-state index contributed by atoms with van der Waals surface area (Å²) in [6.45, 7) is 3.88. The number of hydrogen-bond donors (Lipinski definition) is 3. The summed E-state index contributed by atoms with van der Waals surface area (Å²) in [5, 5.41) is 12.1. The highest BCUT2D eigenvalue weighted by Gasteiger charge is 2.21. The van der Waals surface area contributed by atoms with Crippen molar-refractivity contribution in [2.45, 2.75) is 19.9 Å². The van der Waals surface area contributed by atoms with E-state index in [1.807, 2.05) is 74.5 Å². The summed E-state index contributed by atoms with van der Waals surface area (Å²) >= 11 is 0. The van der Waals surface area contributed by atoms with Crippen molar-refractivity contribution in [3.8, 4) is 5.75 Å². The number of benzene rings is 3. The van der Waals surface area contributed by atoms with Gasteiger partial charge in [-0.2, -0.15) is 0 Å². The van der Waals surface area contributed by atoms with E-state index in [0.717, 1.165) is 16.5 Å². The molecule has 0 bridgehead atoms. The fourth-order valence-electron chi connectivity index (χ4n) is 2.85. The van der Waals surface area contributed by atoms with Gasteiger partial charge in [-0.25, -0.2) is 0 Å². The first-order valence-corrected chi connectivity index (χ1v) is 8.91. The number of hydrazine groups is 1. The molecular weight excluding hydrogens is 338 g/mol. The number of amides is 1. The van der Waals surface area contributed by atoms with Crippen LogP contribution < -0.4 is 10.9 Å². The van der Waals surface area contributed by atoms with Gasteiger partial charge in [0, 0.05) is 11.8 Å². The number of para-hydroxylation sites is 1. The van der Waals surface area contributed by atoms with Crippen LogP contribution in [0.5, 0.6) is 5.75 Å². The number of carbonyl (C=O) groups excluding carboxylic acids is 1. The zero-order valence-corrected chi connectivity index (χ0v) is 15.4. The minimum atomic E-state index is -0.584. The molecule has 3 aromatic carbocycles. The number of aliphatic imine (C=N–C) groups is 1. The summed E-state index contributed by atoms with van der Waals surface area (Å²) in [6.07, 6.45) is 1.59. The number of phenols is 1. The molecule has 0 fully saturated rings. The zero-order valence-electron chi connectivity index (χ0n) is 15.4. The van der Waals surface area contributed by atoms with Crippen molar-refractivity contribution in [2.24, 2.45) is 10.9 Å². The molecule has 0 aliphatic carbocycles. The molecule has 138 valence electrons. The van der Waals surface area contributed by atoms with Gasteiger partial charge in [0.2, 0.25) is 0 Å². The number of phenolic OH excluding ortho intramolecular Hbond substituents is 1. The summed E-state index contributed by atoms with van der Waals surface area (Å²) < 4.78 is 0. The van der Waals surface area contributed by atoms with Gasteiger partial charge in [-0.15, -0.1) is 0 Å². The number of hydrogen-bond acceptors (Lipinski definition) is 4. The first-order valence-electron chi connectivity index (χ1n) is 8.91. The van der Waals surface area contributed by atoms with Gasteiger partial charge in [0.1, 0.15) is 11.8 Å². The Balaban J connectivity index is 1.80. The Labute approximate surface area is 158 Å². The molecule has 1 atom stereocenters. The highest BCUT2D eigenvalue weighted by atomic mass is 16.3. The van der Waals surface area contributed by atoms with Gasteiger partial charge in [-0.05, 0) is 34.9 Å². The maximum Gasteiger partial charge on any atom is 0.263 e. The number of anilines is 1. The Morgan fingerprint density at radius 3 is 2.44 bits per heavy atom. The van der Waals surface area contributed by atoms with Gasteiger partial charge >= 0.3 is 0 Å². The van der Waals surface area contributed by atoms with E-state index in [-0.39, 0.29) is 17.6 Å². The molecule has 0 spiro atoms. The molecule has 0 aliphatic rings. The second-order valence-electron chi connectivity index (χ2n) is 6.67. The monoisotopic (exact) mass is 361 g/mol. The molecule has 3 N–H and O–H groups in total. The molecule has 0 radical (unpaired) electrons. The molecular formula is C22H23N3O2. The lowest BCUT2D eigenvalue weighted by Crippen LogP contribution is -2.40. The van der Waals surface area contributed by atoms with E-state index in [1.165, 1.54) is 0 Å². The van der Waals surface area contributed by atoms with Gasteiger partial charge in [0.15, 0.2) is 0 Å². The summed E-state index contributed by atoms with van der Waals surface area (Å²) in [5.74, 6) is -0.0939. The van der Waals surface area contributed by atoms with E-state index in [4.69, 9.17) is 0 Å². The van der Waals surface area contributed by atoms with Gasteiger partial charge in [0.25, 0.3) is 5.91 Å². The van der Waals surface area contributed by atoms with Crippen LogP contribution in [0.25, 0.3) is 10.8 Å². The van der Waals surface area contributed by atoms with Crippen molar-refractivity contribution >= 4 is 28.6 Å². The molecule has 0 unspecified atom stereocenters. The second kappa shape index (κ2) is 8.36. The van der Waals surface area contributed by atoms with Crippen molar-refractivity contribution in [1.82, 2.24) is 5.43 Å². The van der Waals surface area contributed by atoms with E-state index in [0.29, 0.717) is 5.56 Å². The van der Waals surface area contributed by atoms with Crippen LogP contribution in [-0.2, 0) is 4.79 Å². The first kappa shape index (κ1) is 18.5. The third-order valence-corrected chi connectivity index (χ3v) is 4.32. The molecule has 5 nitrogen and oxygen atoms in total. The van der Waals surface area contributed by atoms with Gasteiger partial charge < -0.3 is 5.11 Å². The molecule has 3 rings (SSSR count). The Bertz CT molecular complexity index is 952. The lowest BCUT2D eigenvalue weighted by molar-refractivity contribution is -0.122. The van der Waals surface area contributed by atoms with Crippen molar-refractivity contribution in [1.29, 1.82) is 0 Å². The fourth-order valence-corrected chi connectivity index (χ4v) is 2.85. The third-order valence-electron chi connectivity index (χ3n) is 4.32. The Morgan fingerprint density at radius 2 is 1.70 bits per heavy atom. The highest BCUT2D eigenvalue weighted by Crippen LogP contribution is 2.25. The van der Waals surface area contributed by atoms with E-state index < -0.39 is 6.04 Å². The number of carbonyl (C=O) groups is 1. The maximum absolute atomic E-state index is 12.6. The van der Waals surface area contributed by atoms with Crippen molar-refractivity contribution < 1.29 is 9.90 Å². The van der Waals surface area contributed by atoms with E-state index >= 15 is 0 Å². The predicted molar refractivity (Wildman–Crippen MR) is 110 cm³/mol. The van der Waals surface area contributed by atoms with E-state index in [1.54, 1.807) is 12.3 Å². The van der Waals surface area contributed by atoms with E-state index in [2.05, 4.69) is 15.8 Å². The van der Waals surface area contributed by atoms with Crippen LogP contribution in [0.2, 0.25) is 0 Å². The number of rotatable bonds is 6. The second-order valence-corrected chi connectivity index (χ2v) is 6.67. The normalized spacial score (nSPS) is 12.4. The Kier molecular flexibility index (Phi) is 5.71. The topological polar surface area (TPSA) is 73.7 Å². The average Bonchev–Trinajstić information content (AvgIpc) is 2.68. The van der Waals surface area contributed by atoms with Gasteiger partial charge in [-0.3, -0.25) is 20.6 Å². The quantitative estimate of drug-likeness (QED) is 0.456. The van der Waals surface area contributed by atoms with Crippen molar-refractivity contribution in [3.05, 3.63) is 72.3 Å². The largest absolute Gasteiger partial charge is 0.507 e. The first-order chi connectivity index (χ1) is 13.1. The molecule has 5 heteroatoms. The summed E-state index contributed by atoms with van der Waals surface area (Å²) in [4.78, 5) is 17.1. The zero-order chi connectivity index (χ0) is 19.2. The van der Waals surface area contributed by atoms with Crippen LogP contribution in [0.1, 0.15) is 19.4 Å². The molecule has 1 amide bonds. The maximum atomic E-state index is 12.6. The SMILES string of the molecule is CC(C)[C@H](N=Cc1c(O)ccc2ccccc12)C(=O)NNc1ccccc1. The molecule has 0 saturated carbocycles. The highest BCUT2D eigenvalue weighted by molar-refractivity contribution is 6.03. The summed E-state index contributed by atoms with van der Waals surface area (Å²) in [7, 11) is 0. The fraction of sp³-hybridized carbons (Fsp3) is 0.182. The minimum absolute atomic E-state index is 0.00376. The van der Waals surface area contributed by atoms with E-state index in [9.17, 15) is 9.90 Å².